The number of nitrogens with one attached hydrogen (secondary N) is 2. The Morgan fingerprint density at radius 2 is 1.64 bits per heavy atom. The van der Waals surface area contributed by atoms with E-state index in [2.05, 4.69) is 34.4 Å². The minimum atomic E-state index is -0.231. The lowest BCUT2D eigenvalue weighted by atomic mass is 10.0. The molecule has 0 bridgehead atoms. The maximum absolute atomic E-state index is 12.3. The number of carbonyl (C=O) groups excluding carboxylic acids is 1. The normalized spacial score (nSPS) is 10.7. The number of benzene rings is 2. The molecule has 2 aromatic carbocycles. The zero-order valence-electron chi connectivity index (χ0n) is 15.9. The average Bonchev–Trinajstić information content (AvgIpc) is 2.70. The van der Waals surface area contributed by atoms with Crippen LogP contribution in [0.25, 0.3) is 0 Å². The van der Waals surface area contributed by atoms with Gasteiger partial charge in [0.15, 0.2) is 0 Å². The molecular formula is C22H23ClN4O. The first kappa shape index (κ1) is 19.8. The van der Waals surface area contributed by atoms with Gasteiger partial charge in [0.2, 0.25) is 5.95 Å². The number of halogens is 1. The summed E-state index contributed by atoms with van der Waals surface area (Å²) in [7, 11) is 0. The van der Waals surface area contributed by atoms with E-state index in [9.17, 15) is 4.79 Å². The molecule has 1 aromatic heterocycles. The van der Waals surface area contributed by atoms with Gasteiger partial charge in [0, 0.05) is 29.6 Å². The monoisotopic (exact) mass is 394 g/mol. The zero-order chi connectivity index (χ0) is 19.9. The van der Waals surface area contributed by atoms with Crippen LogP contribution in [0.4, 0.5) is 11.6 Å². The Kier molecular flexibility index (Phi) is 6.61. The molecule has 0 radical (unpaired) electrons. The van der Waals surface area contributed by atoms with Crippen molar-refractivity contribution < 1.29 is 4.79 Å². The van der Waals surface area contributed by atoms with Crippen molar-refractivity contribution in [2.45, 2.75) is 26.2 Å². The van der Waals surface area contributed by atoms with Crippen LogP contribution in [0.3, 0.4) is 0 Å². The molecule has 3 rings (SSSR count). The molecule has 0 aliphatic carbocycles. The van der Waals surface area contributed by atoms with Crippen LogP contribution in [0.2, 0.25) is 5.02 Å². The van der Waals surface area contributed by atoms with Gasteiger partial charge in [-0.1, -0.05) is 49.7 Å². The summed E-state index contributed by atoms with van der Waals surface area (Å²) in [6, 6.07) is 15.6. The van der Waals surface area contributed by atoms with Crippen LogP contribution in [0.5, 0.6) is 0 Å². The van der Waals surface area contributed by atoms with Gasteiger partial charge in [-0.3, -0.25) is 4.79 Å². The van der Waals surface area contributed by atoms with Gasteiger partial charge in [-0.15, -0.1) is 0 Å². The first-order valence-electron chi connectivity index (χ1n) is 9.23. The van der Waals surface area contributed by atoms with E-state index in [1.54, 1.807) is 0 Å². The number of carbonyl (C=O) groups is 1. The van der Waals surface area contributed by atoms with Crippen molar-refractivity contribution in [1.82, 2.24) is 9.97 Å². The van der Waals surface area contributed by atoms with E-state index < -0.39 is 0 Å². The summed E-state index contributed by atoms with van der Waals surface area (Å²) in [5, 5.41) is 6.74. The summed E-state index contributed by atoms with van der Waals surface area (Å²) in [5.41, 5.74) is 3.57. The molecule has 28 heavy (non-hydrogen) atoms. The van der Waals surface area contributed by atoms with E-state index in [4.69, 9.17) is 11.6 Å². The van der Waals surface area contributed by atoms with Gasteiger partial charge < -0.3 is 10.6 Å². The Hall–Kier alpha value is -2.92. The van der Waals surface area contributed by atoms with E-state index in [-0.39, 0.29) is 5.91 Å². The average molecular weight is 395 g/mol. The van der Waals surface area contributed by atoms with Crippen LogP contribution in [-0.2, 0) is 6.42 Å². The van der Waals surface area contributed by atoms with E-state index in [0.29, 0.717) is 24.0 Å². The van der Waals surface area contributed by atoms with Crippen LogP contribution < -0.4 is 10.6 Å². The first-order valence-corrected chi connectivity index (χ1v) is 9.61. The first-order chi connectivity index (χ1) is 13.5. The molecule has 3 aromatic rings. The van der Waals surface area contributed by atoms with Crippen molar-refractivity contribution in [3.05, 3.63) is 82.6 Å². The smallest absolute Gasteiger partial charge is 0.258 e. The van der Waals surface area contributed by atoms with Gasteiger partial charge >= 0.3 is 0 Å². The SMILES string of the molecule is CC(C)c1ccc(NC(=O)c2cnc(NCCc3ccc(Cl)cc3)nc2)cc1. The van der Waals surface area contributed by atoms with Gasteiger partial charge in [-0.2, -0.15) is 0 Å². The Morgan fingerprint density at radius 1 is 1.00 bits per heavy atom. The second-order valence-corrected chi connectivity index (χ2v) is 7.27. The van der Waals surface area contributed by atoms with Crippen molar-refractivity contribution in [2.24, 2.45) is 0 Å². The molecule has 0 unspecified atom stereocenters. The second-order valence-electron chi connectivity index (χ2n) is 6.83. The molecule has 5 nitrogen and oxygen atoms in total. The Bertz CT molecular complexity index is 907. The molecular weight excluding hydrogens is 372 g/mol. The van der Waals surface area contributed by atoms with Gasteiger partial charge in [0.1, 0.15) is 0 Å². The predicted molar refractivity (Wildman–Crippen MR) is 114 cm³/mol. The van der Waals surface area contributed by atoms with E-state index in [0.717, 1.165) is 17.1 Å². The molecule has 2 N–H and O–H groups in total. The Labute approximate surface area is 170 Å². The van der Waals surface area contributed by atoms with E-state index >= 15 is 0 Å². The summed E-state index contributed by atoms with van der Waals surface area (Å²) in [6.45, 7) is 4.96. The molecule has 1 amide bonds. The number of amides is 1. The predicted octanol–water partition coefficient (Wildman–Crippen LogP) is 5.16. The summed E-state index contributed by atoms with van der Waals surface area (Å²) in [4.78, 5) is 20.8. The van der Waals surface area contributed by atoms with Crippen molar-refractivity contribution >= 4 is 29.1 Å². The van der Waals surface area contributed by atoms with Crippen LogP contribution in [0, 0.1) is 0 Å². The molecule has 0 saturated carbocycles. The number of hydrogen-bond donors (Lipinski definition) is 2. The summed E-state index contributed by atoms with van der Waals surface area (Å²) in [5.74, 6) is 0.717. The summed E-state index contributed by atoms with van der Waals surface area (Å²) >= 11 is 5.88. The topological polar surface area (TPSA) is 66.9 Å². The van der Waals surface area contributed by atoms with E-state index in [1.807, 2.05) is 48.5 Å². The highest BCUT2D eigenvalue weighted by Gasteiger charge is 2.08. The van der Waals surface area contributed by atoms with Crippen molar-refractivity contribution in [2.75, 3.05) is 17.2 Å². The number of anilines is 2. The van der Waals surface area contributed by atoms with Crippen LogP contribution >= 0.6 is 11.6 Å². The lowest BCUT2D eigenvalue weighted by Crippen LogP contribution is -2.14. The highest BCUT2D eigenvalue weighted by Crippen LogP contribution is 2.17. The molecule has 0 aliphatic rings. The fourth-order valence-electron chi connectivity index (χ4n) is 2.66. The number of nitrogens with zero attached hydrogens (tertiary/aromatic N) is 2. The maximum Gasteiger partial charge on any atom is 0.258 e. The van der Waals surface area contributed by atoms with Gasteiger partial charge in [-0.25, -0.2) is 9.97 Å². The van der Waals surface area contributed by atoms with Crippen LogP contribution in [0.15, 0.2) is 60.9 Å². The maximum atomic E-state index is 12.3. The summed E-state index contributed by atoms with van der Waals surface area (Å²) in [6.07, 6.45) is 3.88. The number of hydrogen-bond acceptors (Lipinski definition) is 4. The molecule has 144 valence electrons. The Morgan fingerprint density at radius 3 is 2.25 bits per heavy atom. The van der Waals surface area contributed by atoms with Gasteiger partial charge in [0.25, 0.3) is 5.91 Å². The zero-order valence-corrected chi connectivity index (χ0v) is 16.7. The van der Waals surface area contributed by atoms with Crippen molar-refractivity contribution in [3.8, 4) is 0 Å². The fraction of sp³-hybridized carbons (Fsp3) is 0.227. The summed E-state index contributed by atoms with van der Waals surface area (Å²) < 4.78 is 0. The van der Waals surface area contributed by atoms with Gasteiger partial charge in [-0.05, 0) is 47.7 Å². The third kappa shape index (κ3) is 5.54. The quantitative estimate of drug-likeness (QED) is 0.580. The van der Waals surface area contributed by atoms with Gasteiger partial charge in [0.05, 0.1) is 5.56 Å². The minimum Gasteiger partial charge on any atom is -0.354 e. The highest BCUT2D eigenvalue weighted by molar-refractivity contribution is 6.30. The van der Waals surface area contributed by atoms with Crippen molar-refractivity contribution in [3.63, 3.8) is 0 Å². The van der Waals surface area contributed by atoms with Crippen LogP contribution in [-0.4, -0.2) is 22.4 Å². The lowest BCUT2D eigenvalue weighted by molar-refractivity contribution is 0.102. The third-order valence-electron chi connectivity index (χ3n) is 4.36. The lowest BCUT2D eigenvalue weighted by Gasteiger charge is -2.09. The Balaban J connectivity index is 1.51. The number of rotatable bonds is 7. The minimum absolute atomic E-state index is 0.231. The largest absolute Gasteiger partial charge is 0.354 e. The fourth-order valence-corrected chi connectivity index (χ4v) is 2.79. The van der Waals surface area contributed by atoms with E-state index in [1.165, 1.54) is 23.5 Å². The van der Waals surface area contributed by atoms with Crippen LogP contribution in [0.1, 0.15) is 41.3 Å². The second kappa shape index (κ2) is 9.33. The molecule has 0 aliphatic heterocycles. The third-order valence-corrected chi connectivity index (χ3v) is 4.61. The highest BCUT2D eigenvalue weighted by atomic mass is 35.5. The molecule has 1 heterocycles. The van der Waals surface area contributed by atoms with Crippen molar-refractivity contribution in [1.29, 1.82) is 0 Å². The molecule has 0 atom stereocenters. The number of aromatic nitrogens is 2. The molecule has 0 saturated heterocycles. The molecule has 6 heteroatoms. The molecule has 0 fully saturated rings. The standard InChI is InChI=1S/C22H23ClN4O/c1-15(2)17-5-9-20(10-6-17)27-21(28)18-13-25-22(26-14-18)24-12-11-16-3-7-19(23)8-4-16/h3-10,13-15H,11-12H2,1-2H3,(H,27,28)(H,24,25,26). The molecule has 0 spiro atoms.